The van der Waals surface area contributed by atoms with Crippen molar-refractivity contribution in [3.05, 3.63) is 51.1 Å². The molecule has 2 saturated heterocycles. The Balaban J connectivity index is 1.17. The minimum atomic E-state index is -0.558. The number of cyclic esters (lactones) is 1. The van der Waals surface area contributed by atoms with Gasteiger partial charge in [-0.3, -0.25) is 24.7 Å². The van der Waals surface area contributed by atoms with Crippen molar-refractivity contribution in [3.63, 3.8) is 0 Å². The molecule has 3 heterocycles. The molecule has 2 aromatic rings. The predicted octanol–water partition coefficient (Wildman–Crippen LogP) is 2.82. The molecule has 1 aromatic heterocycles. The summed E-state index contributed by atoms with van der Waals surface area (Å²) >= 11 is 1.20. The molecule has 12 heteroatoms. The lowest BCUT2D eigenvalue weighted by atomic mass is 10.2. The van der Waals surface area contributed by atoms with Gasteiger partial charge in [-0.25, -0.2) is 9.18 Å². The van der Waals surface area contributed by atoms with Crippen molar-refractivity contribution < 1.29 is 23.6 Å². The summed E-state index contributed by atoms with van der Waals surface area (Å²) in [7, 11) is 2.03. The average molecular weight is 504 g/mol. The van der Waals surface area contributed by atoms with E-state index in [-0.39, 0.29) is 28.9 Å². The highest BCUT2D eigenvalue weighted by Crippen LogP contribution is 2.50. The molecule has 2 aliphatic heterocycles. The van der Waals surface area contributed by atoms with Crippen molar-refractivity contribution in [1.29, 1.82) is 0 Å². The van der Waals surface area contributed by atoms with E-state index in [9.17, 15) is 19.7 Å². The van der Waals surface area contributed by atoms with Gasteiger partial charge < -0.3 is 15.0 Å². The van der Waals surface area contributed by atoms with Gasteiger partial charge in [-0.15, -0.1) is 0 Å². The number of nitro groups is 1. The molecular formula is C23H26FN5O5S. The van der Waals surface area contributed by atoms with E-state index in [1.165, 1.54) is 29.2 Å². The maximum Gasteiger partial charge on any atom is 0.414 e. The van der Waals surface area contributed by atoms with E-state index in [0.717, 1.165) is 18.0 Å². The number of anilines is 2. The smallest absolute Gasteiger partial charge is 0.414 e. The van der Waals surface area contributed by atoms with Crippen LogP contribution in [0.15, 0.2) is 30.3 Å². The summed E-state index contributed by atoms with van der Waals surface area (Å²) in [6.45, 7) is 3.99. The van der Waals surface area contributed by atoms with Crippen molar-refractivity contribution in [2.75, 3.05) is 43.0 Å². The van der Waals surface area contributed by atoms with E-state index in [1.54, 1.807) is 24.3 Å². The van der Waals surface area contributed by atoms with Crippen molar-refractivity contribution in [3.8, 4) is 0 Å². The molecule has 0 radical (unpaired) electrons. The fourth-order valence-corrected chi connectivity index (χ4v) is 6.15. The van der Waals surface area contributed by atoms with Gasteiger partial charge in [0.15, 0.2) is 0 Å². The van der Waals surface area contributed by atoms with Gasteiger partial charge in [-0.05, 0) is 43.1 Å². The lowest BCUT2D eigenvalue weighted by Crippen LogP contribution is -2.33. The standard InChI is InChI=1S/C23H26FN5O5S/c1-13(30)25-8-15-9-28(23(31)34-15)14-3-5-20(19(24)7-14)27-11-17-18(12-27)22(17)26(2)10-16-4-6-21(35-16)29(32)33/h3-7,15,17-18,22H,8-12H2,1-2H3,(H,25,30)/t15-,17-,18+,22?/m0/s1. The zero-order chi connectivity index (χ0) is 24.9. The first-order valence-corrected chi connectivity index (χ1v) is 12.2. The van der Waals surface area contributed by atoms with Crippen LogP contribution in [0, 0.1) is 27.8 Å². The Bertz CT molecular complexity index is 1160. The Labute approximate surface area is 205 Å². The minimum Gasteiger partial charge on any atom is -0.442 e. The molecule has 3 aliphatic rings. The van der Waals surface area contributed by atoms with E-state index in [1.807, 2.05) is 11.9 Å². The van der Waals surface area contributed by atoms with Gasteiger partial charge >= 0.3 is 11.1 Å². The lowest BCUT2D eigenvalue weighted by Gasteiger charge is -2.26. The normalized spacial score (nSPS) is 25.1. The minimum absolute atomic E-state index is 0.153. The number of nitrogens with zero attached hydrogens (tertiary/aromatic N) is 4. The second-order valence-electron chi connectivity index (χ2n) is 9.32. The molecule has 1 aromatic carbocycles. The fourth-order valence-electron chi connectivity index (χ4n) is 5.26. The first kappa shape index (κ1) is 23.5. The van der Waals surface area contributed by atoms with Gasteiger partial charge in [0.2, 0.25) is 5.91 Å². The van der Waals surface area contributed by atoms with E-state index in [4.69, 9.17) is 4.74 Å². The highest BCUT2D eigenvalue weighted by Gasteiger charge is 2.57. The van der Waals surface area contributed by atoms with E-state index < -0.39 is 18.0 Å². The number of amides is 2. The maximum atomic E-state index is 15.0. The van der Waals surface area contributed by atoms with Crippen LogP contribution < -0.4 is 15.1 Å². The van der Waals surface area contributed by atoms with Crippen molar-refractivity contribution in [2.45, 2.75) is 25.6 Å². The quantitative estimate of drug-likeness (QED) is 0.436. The topological polar surface area (TPSA) is 108 Å². The number of ether oxygens (including phenoxy) is 1. The number of hydrogen-bond donors (Lipinski definition) is 1. The van der Waals surface area contributed by atoms with E-state index in [2.05, 4.69) is 10.2 Å². The maximum absolute atomic E-state index is 15.0. The molecule has 0 spiro atoms. The van der Waals surface area contributed by atoms with Crippen molar-refractivity contribution in [1.82, 2.24) is 10.2 Å². The molecule has 1 saturated carbocycles. The van der Waals surface area contributed by atoms with Gasteiger partial charge in [0.05, 0.1) is 29.4 Å². The molecule has 186 valence electrons. The highest BCUT2D eigenvalue weighted by molar-refractivity contribution is 7.15. The van der Waals surface area contributed by atoms with Crippen molar-refractivity contribution in [2.24, 2.45) is 11.8 Å². The molecule has 10 nitrogen and oxygen atoms in total. The number of hydrogen-bond acceptors (Lipinski definition) is 8. The predicted molar refractivity (Wildman–Crippen MR) is 128 cm³/mol. The Morgan fingerprint density at radius 1 is 1.29 bits per heavy atom. The zero-order valence-corrected chi connectivity index (χ0v) is 20.2. The Morgan fingerprint density at radius 2 is 2.03 bits per heavy atom. The summed E-state index contributed by atoms with van der Waals surface area (Å²) in [6.07, 6.45) is -1.04. The number of rotatable bonds is 8. The SMILES string of the molecule is CC(=O)NC[C@H]1CN(c2ccc(N3C[C@@H]4C(N(C)Cc5ccc([N+](=O)[O-])s5)[C@@H]4C3)c(F)c2)C(=O)O1. The number of carbonyl (C=O) groups is 2. The molecule has 2 amide bonds. The third-order valence-electron chi connectivity index (χ3n) is 6.93. The van der Waals surface area contributed by atoms with Crippen LogP contribution in [0.2, 0.25) is 0 Å². The molecule has 1 aliphatic carbocycles. The third-order valence-corrected chi connectivity index (χ3v) is 7.95. The molecule has 1 unspecified atom stereocenters. The number of benzene rings is 1. The van der Waals surface area contributed by atoms with Crippen molar-refractivity contribution >= 4 is 39.7 Å². The summed E-state index contributed by atoms with van der Waals surface area (Å²) < 4.78 is 20.3. The largest absolute Gasteiger partial charge is 0.442 e. The third kappa shape index (κ3) is 4.67. The Kier molecular flexibility index (Phi) is 6.09. The van der Waals surface area contributed by atoms with Crippen LogP contribution in [-0.4, -0.2) is 67.2 Å². The van der Waals surface area contributed by atoms with Gasteiger partial charge in [0.25, 0.3) is 0 Å². The van der Waals surface area contributed by atoms with Crippen LogP contribution in [0.5, 0.6) is 0 Å². The van der Waals surface area contributed by atoms with Gasteiger partial charge in [-0.1, -0.05) is 11.3 Å². The number of carbonyl (C=O) groups excluding carboxylic acids is 2. The van der Waals surface area contributed by atoms with Gasteiger partial charge in [-0.2, -0.15) is 0 Å². The molecular weight excluding hydrogens is 477 g/mol. The Morgan fingerprint density at radius 3 is 2.66 bits per heavy atom. The highest BCUT2D eigenvalue weighted by atomic mass is 32.1. The average Bonchev–Trinajstić information content (AvgIpc) is 3.19. The molecule has 4 atom stereocenters. The monoisotopic (exact) mass is 503 g/mol. The fraction of sp³-hybridized carbons (Fsp3) is 0.478. The summed E-state index contributed by atoms with van der Waals surface area (Å²) in [5.74, 6) is 0.259. The summed E-state index contributed by atoms with van der Waals surface area (Å²) in [6, 6.07) is 8.51. The second kappa shape index (κ2) is 9.08. The van der Waals surface area contributed by atoms with Gasteiger partial charge in [0.1, 0.15) is 11.9 Å². The Hall–Kier alpha value is -3.25. The first-order valence-electron chi connectivity index (χ1n) is 11.4. The molecule has 5 rings (SSSR count). The number of thiophene rings is 1. The van der Waals surface area contributed by atoms with E-state index >= 15 is 4.39 Å². The lowest BCUT2D eigenvalue weighted by molar-refractivity contribution is -0.380. The first-order chi connectivity index (χ1) is 16.7. The number of piperidine rings is 1. The van der Waals surface area contributed by atoms with E-state index in [0.29, 0.717) is 35.8 Å². The number of halogens is 1. The van der Waals surface area contributed by atoms with Crippen LogP contribution in [0.4, 0.5) is 25.6 Å². The van der Waals surface area contributed by atoms with Crippen LogP contribution in [0.3, 0.4) is 0 Å². The second-order valence-corrected chi connectivity index (χ2v) is 10.5. The summed E-state index contributed by atoms with van der Waals surface area (Å²) in [4.78, 5) is 40.5. The molecule has 1 N–H and O–H groups in total. The van der Waals surface area contributed by atoms with Gasteiger partial charge in [0, 0.05) is 43.5 Å². The summed E-state index contributed by atoms with van der Waals surface area (Å²) in [5.41, 5.74) is 0.937. The van der Waals surface area contributed by atoms with Crippen LogP contribution in [0.25, 0.3) is 0 Å². The molecule has 3 fully saturated rings. The van der Waals surface area contributed by atoms with Crippen LogP contribution in [0.1, 0.15) is 11.8 Å². The molecule has 0 bridgehead atoms. The zero-order valence-electron chi connectivity index (χ0n) is 19.3. The van der Waals surface area contributed by atoms with Crippen LogP contribution in [-0.2, 0) is 16.1 Å². The van der Waals surface area contributed by atoms with Crippen LogP contribution >= 0.6 is 11.3 Å². The molecule has 35 heavy (non-hydrogen) atoms. The summed E-state index contributed by atoms with van der Waals surface area (Å²) in [5, 5.41) is 13.7. The number of nitrogens with one attached hydrogen (secondary N) is 1. The number of fused-ring (bicyclic) bond motifs is 1.